The topological polar surface area (TPSA) is 69.4 Å². The highest BCUT2D eigenvalue weighted by Gasteiger charge is 2.13. The van der Waals surface area contributed by atoms with E-state index in [1.165, 1.54) is 17.4 Å². The van der Waals surface area contributed by atoms with Crippen LogP contribution in [0.5, 0.6) is 0 Å². The zero-order valence-corrected chi connectivity index (χ0v) is 15.2. The fraction of sp³-hybridized carbons (Fsp3) is 0.158. The van der Waals surface area contributed by atoms with Gasteiger partial charge in [0.15, 0.2) is 4.80 Å². The molecule has 4 rings (SSSR count). The number of hydrogen-bond acceptors (Lipinski definition) is 5. The average Bonchev–Trinajstić information content (AvgIpc) is 3.04. The molecular weight excluding hydrogens is 367 g/mol. The summed E-state index contributed by atoms with van der Waals surface area (Å²) in [4.78, 5) is 25.8. The first kappa shape index (κ1) is 17.4. The van der Waals surface area contributed by atoms with E-state index in [0.29, 0.717) is 40.1 Å². The van der Waals surface area contributed by atoms with Crippen LogP contribution < -0.4 is 4.80 Å². The smallest absolute Gasteiger partial charge is 0.279 e. The molecule has 0 fully saturated rings. The molecule has 6 nitrogen and oxygen atoms in total. The van der Waals surface area contributed by atoms with Gasteiger partial charge in [0.1, 0.15) is 5.82 Å². The van der Waals surface area contributed by atoms with Gasteiger partial charge >= 0.3 is 0 Å². The molecule has 2 aromatic heterocycles. The second-order valence-corrected chi connectivity index (χ2v) is 6.80. The van der Waals surface area contributed by atoms with Crippen molar-refractivity contribution in [2.75, 3.05) is 13.7 Å². The van der Waals surface area contributed by atoms with Crippen LogP contribution in [0.3, 0.4) is 0 Å². The highest BCUT2D eigenvalue weighted by molar-refractivity contribution is 7.16. The van der Waals surface area contributed by atoms with Crippen molar-refractivity contribution >= 4 is 38.5 Å². The number of thiazole rings is 1. The Hall–Kier alpha value is -2.97. The van der Waals surface area contributed by atoms with Gasteiger partial charge in [-0.15, -0.1) is 0 Å². The van der Waals surface area contributed by atoms with Gasteiger partial charge in [-0.05, 0) is 30.3 Å². The number of amides is 1. The van der Waals surface area contributed by atoms with Crippen LogP contribution >= 0.6 is 11.3 Å². The number of methoxy groups -OCH3 is 1. The van der Waals surface area contributed by atoms with Gasteiger partial charge in [-0.1, -0.05) is 17.4 Å². The summed E-state index contributed by atoms with van der Waals surface area (Å²) >= 11 is 1.27. The third-order valence-electron chi connectivity index (χ3n) is 4.08. The molecule has 0 unspecified atom stereocenters. The van der Waals surface area contributed by atoms with Crippen molar-refractivity contribution in [3.05, 3.63) is 65.0 Å². The van der Waals surface area contributed by atoms with Crippen LogP contribution in [0, 0.1) is 5.82 Å². The third kappa shape index (κ3) is 3.36. The first-order chi connectivity index (χ1) is 13.2. The van der Waals surface area contributed by atoms with E-state index in [1.807, 2.05) is 6.07 Å². The van der Waals surface area contributed by atoms with Crippen molar-refractivity contribution in [3.8, 4) is 0 Å². The molecule has 0 saturated heterocycles. The minimum absolute atomic E-state index is 0.352. The standard InChI is InChI=1S/C19H15FN4O2S/c1-26-10-9-24-17-13(20)3-2-4-16(17)27-19(24)23-18(25)12-5-6-14-15(11-12)22-8-7-21-14/h2-8,11H,9-10H2,1H3. The molecule has 1 amide bonds. The number of aromatic nitrogens is 3. The second kappa shape index (κ2) is 7.34. The Bertz CT molecular complexity index is 1220. The molecule has 27 heavy (non-hydrogen) atoms. The van der Waals surface area contributed by atoms with Crippen LogP contribution in [0.1, 0.15) is 10.4 Å². The Morgan fingerprint density at radius 2 is 2.04 bits per heavy atom. The van der Waals surface area contributed by atoms with E-state index in [-0.39, 0.29) is 5.82 Å². The van der Waals surface area contributed by atoms with Crippen LogP contribution in [0.15, 0.2) is 53.8 Å². The van der Waals surface area contributed by atoms with Gasteiger partial charge in [0.25, 0.3) is 5.91 Å². The molecule has 0 atom stereocenters. The Kier molecular flexibility index (Phi) is 4.74. The SMILES string of the molecule is COCCn1c(=NC(=O)c2ccc3nccnc3c2)sc2cccc(F)c21. The molecule has 0 spiro atoms. The fourth-order valence-electron chi connectivity index (χ4n) is 2.81. The number of halogens is 1. The number of fused-ring (bicyclic) bond motifs is 2. The van der Waals surface area contributed by atoms with Crippen molar-refractivity contribution in [2.24, 2.45) is 4.99 Å². The lowest BCUT2D eigenvalue weighted by Gasteiger charge is -2.05. The molecule has 2 heterocycles. The van der Waals surface area contributed by atoms with Gasteiger partial charge < -0.3 is 9.30 Å². The number of carbonyl (C=O) groups excluding carboxylic acids is 1. The predicted octanol–water partition coefficient (Wildman–Crippen LogP) is 3.17. The lowest BCUT2D eigenvalue weighted by atomic mass is 10.2. The number of carbonyl (C=O) groups is 1. The number of benzene rings is 2. The third-order valence-corrected chi connectivity index (χ3v) is 5.13. The monoisotopic (exact) mass is 382 g/mol. The van der Waals surface area contributed by atoms with Crippen LogP contribution in [-0.2, 0) is 11.3 Å². The molecule has 0 bridgehead atoms. The number of rotatable bonds is 4. The van der Waals surface area contributed by atoms with Gasteiger partial charge in [0.05, 0.1) is 27.9 Å². The molecule has 0 saturated carbocycles. The Morgan fingerprint density at radius 1 is 1.22 bits per heavy atom. The lowest BCUT2D eigenvalue weighted by molar-refractivity contribution is 0.0997. The Balaban J connectivity index is 1.83. The van der Waals surface area contributed by atoms with E-state index in [1.54, 1.807) is 48.3 Å². The maximum Gasteiger partial charge on any atom is 0.279 e. The number of para-hydroxylation sites is 1. The summed E-state index contributed by atoms with van der Waals surface area (Å²) in [5.74, 6) is -0.768. The van der Waals surface area contributed by atoms with Crippen LogP contribution in [0.25, 0.3) is 21.3 Å². The van der Waals surface area contributed by atoms with Crippen molar-refractivity contribution in [2.45, 2.75) is 6.54 Å². The summed E-state index contributed by atoms with van der Waals surface area (Å²) in [5.41, 5.74) is 2.15. The summed E-state index contributed by atoms with van der Waals surface area (Å²) in [7, 11) is 1.57. The van der Waals surface area contributed by atoms with E-state index in [4.69, 9.17) is 4.74 Å². The van der Waals surface area contributed by atoms with Gasteiger partial charge in [0.2, 0.25) is 0 Å². The summed E-state index contributed by atoms with van der Waals surface area (Å²) in [5, 5.41) is 0. The first-order valence-electron chi connectivity index (χ1n) is 8.24. The number of ether oxygens (including phenoxy) is 1. The van der Waals surface area contributed by atoms with Gasteiger partial charge in [-0.3, -0.25) is 14.8 Å². The van der Waals surface area contributed by atoms with Crippen LogP contribution in [0.4, 0.5) is 4.39 Å². The first-order valence-corrected chi connectivity index (χ1v) is 9.05. The van der Waals surface area contributed by atoms with E-state index < -0.39 is 5.91 Å². The summed E-state index contributed by atoms with van der Waals surface area (Å²) < 4.78 is 21.8. The molecule has 0 N–H and O–H groups in total. The molecule has 2 aromatic carbocycles. The summed E-state index contributed by atoms with van der Waals surface area (Å²) in [6.45, 7) is 0.778. The molecule has 0 aliphatic heterocycles. The van der Waals surface area contributed by atoms with Crippen molar-refractivity contribution in [1.29, 1.82) is 0 Å². The second-order valence-electron chi connectivity index (χ2n) is 5.79. The lowest BCUT2D eigenvalue weighted by Crippen LogP contribution is -2.19. The zero-order chi connectivity index (χ0) is 18.8. The maximum absolute atomic E-state index is 14.3. The van der Waals surface area contributed by atoms with E-state index in [0.717, 1.165) is 4.70 Å². The van der Waals surface area contributed by atoms with E-state index >= 15 is 0 Å². The zero-order valence-electron chi connectivity index (χ0n) is 14.4. The molecule has 0 aliphatic rings. The quantitative estimate of drug-likeness (QED) is 0.544. The fourth-order valence-corrected chi connectivity index (χ4v) is 3.88. The molecule has 0 aliphatic carbocycles. The maximum atomic E-state index is 14.3. The molecular formula is C19H15FN4O2S. The average molecular weight is 382 g/mol. The molecule has 136 valence electrons. The minimum atomic E-state index is -0.416. The van der Waals surface area contributed by atoms with Gasteiger partial charge in [-0.25, -0.2) is 4.39 Å². The molecule has 0 radical (unpaired) electrons. The van der Waals surface area contributed by atoms with Crippen molar-refractivity contribution in [3.63, 3.8) is 0 Å². The number of nitrogens with zero attached hydrogens (tertiary/aromatic N) is 4. The largest absolute Gasteiger partial charge is 0.383 e. The normalized spacial score (nSPS) is 12.1. The van der Waals surface area contributed by atoms with Crippen molar-refractivity contribution < 1.29 is 13.9 Å². The molecule has 8 heteroatoms. The van der Waals surface area contributed by atoms with E-state index in [2.05, 4.69) is 15.0 Å². The van der Waals surface area contributed by atoms with Crippen LogP contribution in [-0.4, -0.2) is 34.2 Å². The Morgan fingerprint density at radius 3 is 2.85 bits per heavy atom. The Labute approximate surface area is 157 Å². The van der Waals surface area contributed by atoms with Gasteiger partial charge in [0, 0.05) is 31.6 Å². The highest BCUT2D eigenvalue weighted by Crippen LogP contribution is 2.20. The van der Waals surface area contributed by atoms with Crippen molar-refractivity contribution in [1.82, 2.24) is 14.5 Å². The predicted molar refractivity (Wildman–Crippen MR) is 101 cm³/mol. The van der Waals surface area contributed by atoms with Crippen LogP contribution in [0.2, 0.25) is 0 Å². The summed E-state index contributed by atoms with van der Waals surface area (Å²) in [6.07, 6.45) is 3.17. The summed E-state index contributed by atoms with van der Waals surface area (Å²) in [6, 6.07) is 9.89. The van der Waals surface area contributed by atoms with E-state index in [9.17, 15) is 9.18 Å². The van der Waals surface area contributed by atoms with Gasteiger partial charge in [-0.2, -0.15) is 4.99 Å². The minimum Gasteiger partial charge on any atom is -0.383 e. The number of hydrogen-bond donors (Lipinski definition) is 0. The molecule has 4 aromatic rings. The highest BCUT2D eigenvalue weighted by atomic mass is 32.1.